The van der Waals surface area contributed by atoms with Crippen LogP contribution in [0.3, 0.4) is 0 Å². The van der Waals surface area contributed by atoms with Crippen LogP contribution in [0.15, 0.2) is 24.3 Å². The minimum atomic E-state index is -4.38. The molecule has 0 aliphatic carbocycles. The third-order valence-electron chi connectivity index (χ3n) is 1.58. The summed E-state index contributed by atoms with van der Waals surface area (Å²) in [6.45, 7) is 2.63. The lowest BCUT2D eigenvalue weighted by molar-refractivity contribution is -0.153. The second-order valence-corrected chi connectivity index (χ2v) is 2.85. The predicted octanol–water partition coefficient (Wildman–Crippen LogP) is 1.58. The van der Waals surface area contributed by atoms with Crippen LogP contribution in [0.1, 0.15) is 13.8 Å². The van der Waals surface area contributed by atoms with Crippen molar-refractivity contribution in [3.05, 3.63) is 24.3 Å². The van der Waals surface area contributed by atoms with Crippen LogP contribution < -0.4 is 10.2 Å². The zero-order chi connectivity index (χ0) is 15.5. The van der Waals surface area contributed by atoms with Crippen molar-refractivity contribution < 1.29 is 28.0 Å². The molecule has 0 atom stereocenters. The standard InChI is InChI=1S/C8H8BF3O3.C2H6.C2H2/c10-8(11,12)5-15-7-3-1-6(2-4-7)9(13)14;2*1-2/h1-4,13-14H,5H2;1-2H3;1-2H. The van der Waals surface area contributed by atoms with Crippen molar-refractivity contribution in [2.75, 3.05) is 6.61 Å². The highest BCUT2D eigenvalue weighted by atomic mass is 19.4. The summed E-state index contributed by atoms with van der Waals surface area (Å²) in [6.07, 6.45) is 3.62. The van der Waals surface area contributed by atoms with Gasteiger partial charge in [-0.15, -0.1) is 12.8 Å². The molecule has 0 spiro atoms. The van der Waals surface area contributed by atoms with Crippen molar-refractivity contribution >= 4 is 12.6 Å². The Morgan fingerprint density at radius 3 is 1.84 bits per heavy atom. The van der Waals surface area contributed by atoms with E-state index >= 15 is 0 Å². The van der Waals surface area contributed by atoms with E-state index in [-0.39, 0.29) is 11.2 Å². The first-order valence-electron chi connectivity index (χ1n) is 5.37. The molecule has 1 aromatic carbocycles. The van der Waals surface area contributed by atoms with Crippen molar-refractivity contribution in [2.24, 2.45) is 0 Å². The molecule has 0 aromatic heterocycles. The average molecular weight is 276 g/mol. The van der Waals surface area contributed by atoms with Gasteiger partial charge in [0.2, 0.25) is 0 Å². The molecular weight excluding hydrogens is 260 g/mol. The van der Waals surface area contributed by atoms with Crippen LogP contribution in [0.4, 0.5) is 13.2 Å². The van der Waals surface area contributed by atoms with E-state index in [2.05, 4.69) is 17.6 Å². The lowest BCUT2D eigenvalue weighted by Gasteiger charge is -2.09. The van der Waals surface area contributed by atoms with Crippen molar-refractivity contribution in [1.29, 1.82) is 0 Å². The topological polar surface area (TPSA) is 49.7 Å². The molecule has 0 heterocycles. The van der Waals surface area contributed by atoms with E-state index in [4.69, 9.17) is 10.0 Å². The zero-order valence-corrected chi connectivity index (χ0v) is 10.7. The summed E-state index contributed by atoms with van der Waals surface area (Å²) in [4.78, 5) is 0. The van der Waals surface area contributed by atoms with Crippen molar-refractivity contribution in [3.8, 4) is 18.6 Å². The first-order chi connectivity index (χ1) is 8.88. The number of halogens is 3. The van der Waals surface area contributed by atoms with Crippen LogP contribution in [0.2, 0.25) is 0 Å². The summed E-state index contributed by atoms with van der Waals surface area (Å²) >= 11 is 0. The number of alkyl halides is 3. The molecule has 0 aliphatic rings. The Labute approximate surface area is 111 Å². The van der Waals surface area contributed by atoms with Gasteiger partial charge in [0, 0.05) is 0 Å². The van der Waals surface area contributed by atoms with Crippen LogP contribution in [0.25, 0.3) is 0 Å². The van der Waals surface area contributed by atoms with Crippen LogP contribution in [0, 0.1) is 12.8 Å². The van der Waals surface area contributed by atoms with E-state index in [1.165, 1.54) is 24.3 Å². The van der Waals surface area contributed by atoms with Crippen LogP contribution >= 0.6 is 0 Å². The maximum absolute atomic E-state index is 11.7. The van der Waals surface area contributed by atoms with Gasteiger partial charge < -0.3 is 14.8 Å². The minimum absolute atomic E-state index is 0.0247. The number of hydrogen-bond donors (Lipinski definition) is 2. The summed E-state index contributed by atoms with van der Waals surface area (Å²) in [7, 11) is -1.64. The summed E-state index contributed by atoms with van der Waals surface area (Å²) < 4.78 is 39.6. The van der Waals surface area contributed by atoms with Crippen LogP contribution in [0.5, 0.6) is 5.75 Å². The molecule has 19 heavy (non-hydrogen) atoms. The van der Waals surface area contributed by atoms with Gasteiger partial charge in [-0.05, 0) is 17.6 Å². The highest BCUT2D eigenvalue weighted by molar-refractivity contribution is 6.58. The van der Waals surface area contributed by atoms with Gasteiger partial charge in [0.05, 0.1) is 0 Å². The summed E-state index contributed by atoms with van der Waals surface area (Å²) in [5.74, 6) is 0.0247. The monoisotopic (exact) mass is 276 g/mol. The SMILES string of the molecule is C#C.CC.OB(O)c1ccc(OCC(F)(F)F)cc1. The van der Waals surface area contributed by atoms with Gasteiger partial charge in [0.25, 0.3) is 0 Å². The Hall–Kier alpha value is -1.65. The second kappa shape index (κ2) is 10.3. The van der Waals surface area contributed by atoms with Crippen molar-refractivity contribution in [3.63, 3.8) is 0 Å². The molecule has 0 bridgehead atoms. The van der Waals surface area contributed by atoms with Gasteiger partial charge in [-0.2, -0.15) is 13.2 Å². The molecular formula is C12H16BF3O3. The Balaban J connectivity index is 0. The van der Waals surface area contributed by atoms with E-state index in [1.807, 2.05) is 13.8 Å². The van der Waals surface area contributed by atoms with Gasteiger partial charge in [-0.3, -0.25) is 0 Å². The Bertz CT molecular complexity index is 347. The molecule has 0 radical (unpaired) electrons. The molecule has 0 unspecified atom stereocenters. The third kappa shape index (κ3) is 10.0. The maximum Gasteiger partial charge on any atom is 0.488 e. The lowest BCUT2D eigenvalue weighted by atomic mass is 9.80. The largest absolute Gasteiger partial charge is 0.488 e. The fourth-order valence-electron chi connectivity index (χ4n) is 0.901. The first kappa shape index (κ1) is 19.7. The van der Waals surface area contributed by atoms with Crippen LogP contribution in [-0.2, 0) is 0 Å². The molecule has 3 nitrogen and oxygen atoms in total. The fraction of sp³-hybridized carbons (Fsp3) is 0.333. The molecule has 0 fully saturated rings. The summed E-state index contributed by atoms with van der Waals surface area (Å²) in [6, 6.07) is 5.02. The van der Waals surface area contributed by atoms with Crippen LogP contribution in [-0.4, -0.2) is 29.9 Å². The van der Waals surface area contributed by atoms with E-state index < -0.39 is 19.9 Å². The summed E-state index contributed by atoms with van der Waals surface area (Å²) in [5, 5.41) is 17.4. The Morgan fingerprint density at radius 1 is 1.11 bits per heavy atom. The lowest BCUT2D eigenvalue weighted by Crippen LogP contribution is -2.29. The smallest absolute Gasteiger partial charge is 0.484 e. The van der Waals surface area contributed by atoms with Gasteiger partial charge in [0.1, 0.15) is 5.75 Å². The quantitative estimate of drug-likeness (QED) is 0.651. The van der Waals surface area contributed by atoms with E-state index in [0.29, 0.717) is 0 Å². The molecule has 106 valence electrons. The molecule has 1 aromatic rings. The number of rotatable bonds is 3. The van der Waals surface area contributed by atoms with Gasteiger partial charge >= 0.3 is 13.3 Å². The number of terminal acetylenes is 1. The molecule has 2 N–H and O–H groups in total. The molecule has 0 saturated heterocycles. The van der Waals surface area contributed by atoms with E-state index in [1.54, 1.807) is 0 Å². The van der Waals surface area contributed by atoms with Gasteiger partial charge in [-0.1, -0.05) is 26.0 Å². The highest BCUT2D eigenvalue weighted by Crippen LogP contribution is 2.17. The van der Waals surface area contributed by atoms with E-state index in [0.717, 1.165) is 0 Å². The Morgan fingerprint density at radius 2 is 1.53 bits per heavy atom. The molecule has 0 amide bonds. The fourth-order valence-corrected chi connectivity index (χ4v) is 0.901. The zero-order valence-electron chi connectivity index (χ0n) is 10.7. The van der Waals surface area contributed by atoms with Crippen molar-refractivity contribution in [2.45, 2.75) is 20.0 Å². The Kier molecular flexibility index (Phi) is 10.7. The van der Waals surface area contributed by atoms with Gasteiger partial charge in [0.15, 0.2) is 6.61 Å². The minimum Gasteiger partial charge on any atom is -0.484 e. The van der Waals surface area contributed by atoms with Gasteiger partial charge in [-0.25, -0.2) is 0 Å². The molecule has 7 heteroatoms. The van der Waals surface area contributed by atoms with Crippen molar-refractivity contribution in [1.82, 2.24) is 0 Å². The molecule has 0 aliphatic heterocycles. The molecule has 1 rings (SSSR count). The second-order valence-electron chi connectivity index (χ2n) is 2.85. The highest BCUT2D eigenvalue weighted by Gasteiger charge is 2.28. The normalized spacial score (nSPS) is 9.32. The number of hydrogen-bond acceptors (Lipinski definition) is 3. The molecule has 0 saturated carbocycles. The number of ether oxygens (including phenoxy) is 1. The number of benzene rings is 1. The predicted molar refractivity (Wildman–Crippen MR) is 69.1 cm³/mol. The first-order valence-corrected chi connectivity index (χ1v) is 5.37. The average Bonchev–Trinajstić information content (AvgIpc) is 2.41. The third-order valence-corrected chi connectivity index (χ3v) is 1.58. The van der Waals surface area contributed by atoms with E-state index in [9.17, 15) is 13.2 Å². The maximum atomic E-state index is 11.7. The summed E-state index contributed by atoms with van der Waals surface area (Å²) in [5.41, 5.74) is 0.189.